The van der Waals surface area contributed by atoms with Gasteiger partial charge in [0.2, 0.25) is 5.78 Å². The molecule has 0 spiro atoms. The van der Waals surface area contributed by atoms with Gasteiger partial charge in [0.25, 0.3) is 0 Å². The number of aromatic hydroxyl groups is 2. The minimum atomic E-state index is -1.53. The summed E-state index contributed by atoms with van der Waals surface area (Å²) >= 11 is 0. The maximum Gasteiger partial charge on any atom is 0.202 e. The minimum absolute atomic E-state index is 0.0526. The quantitative estimate of drug-likeness (QED) is 0.537. The molecule has 2 aromatic carbocycles. The lowest BCUT2D eigenvalue weighted by Crippen LogP contribution is -2.49. The molecule has 2 heterocycles. The lowest BCUT2D eigenvalue weighted by Gasteiger charge is -2.41. The number of ketones is 1. The smallest absolute Gasteiger partial charge is 0.202 e. The minimum Gasteiger partial charge on any atom is -0.508 e. The van der Waals surface area contributed by atoms with E-state index in [0.717, 1.165) is 6.42 Å². The van der Waals surface area contributed by atoms with Crippen molar-refractivity contribution >= 4 is 5.78 Å². The topological polar surface area (TPSA) is 116 Å². The van der Waals surface area contributed by atoms with Crippen LogP contribution in [0.2, 0.25) is 0 Å². The van der Waals surface area contributed by atoms with Gasteiger partial charge in [-0.1, -0.05) is 23.8 Å². The zero-order valence-electron chi connectivity index (χ0n) is 18.3. The monoisotopic (exact) mass is 440 g/mol. The molecule has 0 aromatic heterocycles. The molecule has 32 heavy (non-hydrogen) atoms. The van der Waals surface area contributed by atoms with E-state index in [-0.39, 0.29) is 29.2 Å². The number of Topliss-reactive ketones (excluding diaryl/α,β-unsaturated/α-hetero) is 1. The summed E-state index contributed by atoms with van der Waals surface area (Å²) in [6, 6.07) is 7.56. The van der Waals surface area contributed by atoms with Crippen molar-refractivity contribution in [3.63, 3.8) is 0 Å². The summed E-state index contributed by atoms with van der Waals surface area (Å²) in [4.78, 5) is 12.9. The molecule has 0 bridgehead atoms. The zero-order valence-corrected chi connectivity index (χ0v) is 18.3. The molecule has 4 N–H and O–H groups in total. The first kappa shape index (κ1) is 22.2. The van der Waals surface area contributed by atoms with E-state index >= 15 is 0 Å². The molecule has 7 heteroatoms. The van der Waals surface area contributed by atoms with Crippen molar-refractivity contribution in [1.82, 2.24) is 0 Å². The highest BCUT2D eigenvalue weighted by Crippen LogP contribution is 2.49. The molecule has 2 aliphatic rings. The highest BCUT2D eigenvalue weighted by molar-refractivity contribution is 6.06. The van der Waals surface area contributed by atoms with E-state index in [4.69, 9.17) is 9.47 Å². The molecule has 0 saturated heterocycles. The molecular formula is C25H28O7. The molecule has 2 aliphatic heterocycles. The Morgan fingerprint density at radius 3 is 2.50 bits per heavy atom. The van der Waals surface area contributed by atoms with Gasteiger partial charge >= 0.3 is 0 Å². The number of fused-ring (bicyclic) bond motifs is 2. The number of benzene rings is 2. The number of phenols is 2. The van der Waals surface area contributed by atoms with E-state index in [1.54, 1.807) is 18.2 Å². The van der Waals surface area contributed by atoms with Crippen LogP contribution in [-0.2, 0) is 6.42 Å². The summed E-state index contributed by atoms with van der Waals surface area (Å²) in [5.41, 5.74) is 1.03. The summed E-state index contributed by atoms with van der Waals surface area (Å²) in [7, 11) is 0. The Morgan fingerprint density at radius 2 is 1.84 bits per heavy atom. The maximum atomic E-state index is 12.9. The number of ether oxygens (including phenoxy) is 2. The summed E-state index contributed by atoms with van der Waals surface area (Å²) in [5.74, 6) is -0.499. The van der Waals surface area contributed by atoms with Crippen LogP contribution in [0.1, 0.15) is 61.2 Å². The molecule has 0 unspecified atom stereocenters. The third kappa shape index (κ3) is 3.82. The van der Waals surface area contributed by atoms with Crippen molar-refractivity contribution in [3.05, 3.63) is 58.7 Å². The van der Waals surface area contributed by atoms with Gasteiger partial charge in [-0.25, -0.2) is 0 Å². The van der Waals surface area contributed by atoms with Crippen molar-refractivity contribution in [2.45, 2.75) is 63.9 Å². The second kappa shape index (κ2) is 8.15. The Balaban J connectivity index is 1.70. The van der Waals surface area contributed by atoms with Gasteiger partial charge in [-0.15, -0.1) is 0 Å². The van der Waals surface area contributed by atoms with Crippen LogP contribution in [0.3, 0.4) is 0 Å². The number of hydrogen-bond donors (Lipinski definition) is 4. The number of carbonyl (C=O) groups excluding carboxylic acids is 1. The molecule has 0 saturated carbocycles. The van der Waals surface area contributed by atoms with Crippen LogP contribution in [0.25, 0.3) is 0 Å². The average Bonchev–Trinajstić information content (AvgIpc) is 2.73. The zero-order chi connectivity index (χ0) is 23.2. The van der Waals surface area contributed by atoms with E-state index in [1.165, 1.54) is 17.7 Å². The van der Waals surface area contributed by atoms with Gasteiger partial charge in [-0.2, -0.15) is 0 Å². The van der Waals surface area contributed by atoms with Crippen molar-refractivity contribution in [2.24, 2.45) is 0 Å². The highest BCUT2D eigenvalue weighted by atomic mass is 16.5. The number of aliphatic hydroxyl groups is 2. The Morgan fingerprint density at radius 1 is 1.16 bits per heavy atom. The lowest BCUT2D eigenvalue weighted by molar-refractivity contribution is -0.0597. The summed E-state index contributed by atoms with van der Waals surface area (Å²) in [6.07, 6.45) is 0.0964. The molecule has 4 rings (SSSR count). The number of hydrogen-bond acceptors (Lipinski definition) is 7. The Bertz CT molecular complexity index is 1070. The van der Waals surface area contributed by atoms with Gasteiger partial charge in [-0.3, -0.25) is 4.79 Å². The van der Waals surface area contributed by atoms with Crippen molar-refractivity contribution < 1.29 is 34.7 Å². The van der Waals surface area contributed by atoms with Crippen molar-refractivity contribution in [1.29, 1.82) is 0 Å². The van der Waals surface area contributed by atoms with Crippen molar-refractivity contribution in [2.75, 3.05) is 0 Å². The highest BCUT2D eigenvalue weighted by Gasteiger charge is 2.45. The summed E-state index contributed by atoms with van der Waals surface area (Å²) in [5, 5.41) is 41.7. The predicted octanol–water partition coefficient (Wildman–Crippen LogP) is 3.58. The van der Waals surface area contributed by atoms with Crippen LogP contribution in [0.15, 0.2) is 42.0 Å². The second-order valence-electron chi connectivity index (χ2n) is 8.97. The van der Waals surface area contributed by atoms with Crippen LogP contribution >= 0.6 is 0 Å². The summed E-state index contributed by atoms with van der Waals surface area (Å²) < 4.78 is 12.1. The Labute approximate surface area is 186 Å². The maximum absolute atomic E-state index is 12.9. The standard InChI is InChI=1S/C25H28O7/c1-13(2)5-4-10-25(3)19(27)11-16-17(32-25)12-18-20(21(16)28)22(29)23(30)24(31-18)14-6-8-15(26)9-7-14/h5-9,12,19,23-24,26-28,30H,4,10-11H2,1-3H3/t19-,23+,24-,25+/m1/s1. The van der Waals surface area contributed by atoms with Gasteiger partial charge in [0, 0.05) is 18.1 Å². The van der Waals surface area contributed by atoms with E-state index in [2.05, 4.69) is 6.08 Å². The van der Waals surface area contributed by atoms with E-state index in [0.29, 0.717) is 23.3 Å². The molecule has 2 aromatic rings. The Hall–Kier alpha value is -3.03. The first-order valence-electron chi connectivity index (χ1n) is 10.7. The third-order valence-electron chi connectivity index (χ3n) is 6.24. The van der Waals surface area contributed by atoms with Crippen LogP contribution in [0.5, 0.6) is 23.0 Å². The molecule has 0 amide bonds. The predicted molar refractivity (Wildman–Crippen MR) is 117 cm³/mol. The average molecular weight is 440 g/mol. The first-order valence-corrected chi connectivity index (χ1v) is 10.7. The molecule has 0 fully saturated rings. The largest absolute Gasteiger partial charge is 0.508 e. The molecule has 0 aliphatic carbocycles. The molecule has 4 atom stereocenters. The third-order valence-corrected chi connectivity index (χ3v) is 6.24. The Kier molecular flexibility index (Phi) is 5.65. The van der Waals surface area contributed by atoms with Crippen molar-refractivity contribution in [3.8, 4) is 23.0 Å². The normalized spacial score (nSPS) is 26.4. The second-order valence-corrected chi connectivity index (χ2v) is 8.97. The van der Waals surface area contributed by atoms with Gasteiger partial charge in [0.05, 0.1) is 6.10 Å². The van der Waals surface area contributed by atoms with Gasteiger partial charge in [0.15, 0.2) is 12.2 Å². The number of phenolic OH excluding ortho intramolecular Hbond substituents is 2. The van der Waals surface area contributed by atoms with E-state index in [9.17, 15) is 25.2 Å². The van der Waals surface area contributed by atoms with Crippen LogP contribution < -0.4 is 9.47 Å². The fraction of sp³-hybridized carbons (Fsp3) is 0.400. The number of carbonyl (C=O) groups is 1. The van der Waals surface area contributed by atoms with Crippen LogP contribution in [-0.4, -0.2) is 44.0 Å². The number of allylic oxidation sites excluding steroid dienone is 2. The van der Waals surface area contributed by atoms with E-state index < -0.39 is 29.7 Å². The molecular weight excluding hydrogens is 412 g/mol. The fourth-order valence-corrected chi connectivity index (χ4v) is 4.28. The first-order chi connectivity index (χ1) is 15.1. The molecule has 7 nitrogen and oxygen atoms in total. The number of aliphatic hydroxyl groups excluding tert-OH is 2. The van der Waals surface area contributed by atoms with E-state index in [1.807, 2.05) is 20.8 Å². The van der Waals surface area contributed by atoms with Crippen LogP contribution in [0.4, 0.5) is 0 Å². The van der Waals surface area contributed by atoms with Gasteiger partial charge in [0.1, 0.15) is 34.2 Å². The fourth-order valence-electron chi connectivity index (χ4n) is 4.28. The van der Waals surface area contributed by atoms with Crippen LogP contribution in [0, 0.1) is 0 Å². The summed E-state index contributed by atoms with van der Waals surface area (Å²) in [6.45, 7) is 5.84. The van der Waals surface area contributed by atoms with Gasteiger partial charge in [-0.05, 0) is 51.3 Å². The molecule has 0 radical (unpaired) electrons. The SMILES string of the molecule is CC(C)=CCC[C@]1(C)Oc2cc3c(c(O)c2C[C@H]1O)C(=O)[C@H](O)[C@@H](c1ccc(O)cc1)O3. The lowest BCUT2D eigenvalue weighted by atomic mass is 9.83. The van der Waals surface area contributed by atoms with Gasteiger partial charge < -0.3 is 29.9 Å². The number of rotatable bonds is 4. The molecule has 170 valence electrons.